The first-order chi connectivity index (χ1) is 11.9. The van der Waals surface area contributed by atoms with E-state index >= 15 is 0 Å². The quantitative estimate of drug-likeness (QED) is 0.775. The van der Waals surface area contributed by atoms with Crippen molar-refractivity contribution in [1.82, 2.24) is 4.90 Å². The van der Waals surface area contributed by atoms with Gasteiger partial charge in [0.25, 0.3) is 0 Å². The van der Waals surface area contributed by atoms with Gasteiger partial charge in [0.1, 0.15) is 11.4 Å². The van der Waals surface area contributed by atoms with Crippen molar-refractivity contribution < 1.29 is 27.4 Å². The van der Waals surface area contributed by atoms with Crippen molar-refractivity contribution in [3.63, 3.8) is 0 Å². The first-order valence-electron chi connectivity index (χ1n) is 8.20. The van der Waals surface area contributed by atoms with Gasteiger partial charge in [0, 0.05) is 13.1 Å². The lowest BCUT2D eigenvalue weighted by atomic mass is 9.74. The number of carbonyl (C=O) groups excluding carboxylic acids is 1. The first kappa shape index (κ1) is 19.9. The molecule has 0 spiro atoms. The van der Waals surface area contributed by atoms with E-state index in [-0.39, 0.29) is 5.75 Å². The Bertz CT molecular complexity index is 680. The molecule has 1 aliphatic rings. The fourth-order valence-electron chi connectivity index (χ4n) is 2.84. The minimum Gasteiger partial charge on any atom is -0.444 e. The highest BCUT2D eigenvalue weighted by Gasteiger charge is 2.39. The molecule has 0 radical (unpaired) electrons. The van der Waals surface area contributed by atoms with Crippen LogP contribution < -0.4 is 4.74 Å². The summed E-state index contributed by atoms with van der Waals surface area (Å²) in [6.45, 7) is 6.00. The molecule has 1 fully saturated rings. The number of ether oxygens (including phenoxy) is 2. The molecule has 1 amide bonds. The molecule has 1 saturated heterocycles. The van der Waals surface area contributed by atoms with Gasteiger partial charge in [-0.05, 0) is 51.3 Å². The molecule has 8 heteroatoms. The minimum absolute atomic E-state index is 0.333. The fourth-order valence-corrected chi connectivity index (χ4v) is 2.84. The van der Waals surface area contributed by atoms with Gasteiger partial charge in [-0.1, -0.05) is 12.1 Å². The monoisotopic (exact) mass is 370 g/mol. The van der Waals surface area contributed by atoms with Crippen LogP contribution in [-0.4, -0.2) is 36.0 Å². The Kier molecular flexibility index (Phi) is 5.40. The molecule has 0 bridgehead atoms. The molecule has 0 saturated carbocycles. The van der Waals surface area contributed by atoms with Gasteiger partial charge in [0.05, 0.1) is 11.5 Å². The maximum Gasteiger partial charge on any atom is 0.573 e. The third-order valence-corrected chi connectivity index (χ3v) is 4.12. The molecule has 2 rings (SSSR count). The predicted molar refractivity (Wildman–Crippen MR) is 87.5 cm³/mol. The number of nitrogens with zero attached hydrogens (tertiary/aromatic N) is 2. The predicted octanol–water partition coefficient (Wildman–Crippen LogP) is 4.38. The van der Waals surface area contributed by atoms with Gasteiger partial charge in [-0.15, -0.1) is 13.2 Å². The van der Waals surface area contributed by atoms with Crippen molar-refractivity contribution >= 4 is 6.09 Å². The van der Waals surface area contributed by atoms with Crippen molar-refractivity contribution in [3.8, 4) is 11.8 Å². The van der Waals surface area contributed by atoms with E-state index in [0.29, 0.717) is 31.5 Å². The lowest BCUT2D eigenvalue weighted by molar-refractivity contribution is -0.274. The number of nitriles is 1. The van der Waals surface area contributed by atoms with Gasteiger partial charge in [-0.25, -0.2) is 4.79 Å². The molecule has 142 valence electrons. The first-order valence-corrected chi connectivity index (χ1v) is 8.20. The molecule has 1 aromatic carbocycles. The van der Waals surface area contributed by atoms with E-state index in [0.717, 1.165) is 0 Å². The molecule has 0 atom stereocenters. The highest BCUT2D eigenvalue weighted by Crippen LogP contribution is 2.36. The third-order valence-electron chi connectivity index (χ3n) is 4.12. The third kappa shape index (κ3) is 5.04. The molecule has 1 aromatic rings. The fraction of sp³-hybridized carbons (Fsp3) is 0.556. The molecular formula is C18H21F3N2O3. The average Bonchev–Trinajstić information content (AvgIpc) is 2.52. The second kappa shape index (κ2) is 7.06. The Morgan fingerprint density at radius 3 is 2.12 bits per heavy atom. The van der Waals surface area contributed by atoms with Gasteiger partial charge in [-0.2, -0.15) is 5.26 Å². The van der Waals surface area contributed by atoms with Crippen LogP contribution in [0.15, 0.2) is 24.3 Å². The van der Waals surface area contributed by atoms with Gasteiger partial charge in [-0.3, -0.25) is 0 Å². The maximum atomic E-state index is 12.3. The van der Waals surface area contributed by atoms with Crippen molar-refractivity contribution in [2.45, 2.75) is 51.0 Å². The molecule has 0 N–H and O–H groups in total. The second-order valence-corrected chi connectivity index (χ2v) is 7.23. The highest BCUT2D eigenvalue weighted by molar-refractivity contribution is 5.68. The standard InChI is InChI=1S/C18H21F3N2O3/c1-16(2,3)26-15(24)23-10-8-17(12-22,9-11-23)13-4-6-14(7-5-13)25-18(19,20)21/h4-7H,8-11H2,1-3H3. The van der Waals surface area contributed by atoms with E-state index in [9.17, 15) is 23.2 Å². The summed E-state index contributed by atoms with van der Waals surface area (Å²) in [6, 6.07) is 7.59. The lowest BCUT2D eigenvalue weighted by Gasteiger charge is -2.38. The number of hydrogen-bond donors (Lipinski definition) is 0. The lowest BCUT2D eigenvalue weighted by Crippen LogP contribution is -2.46. The molecule has 5 nitrogen and oxygen atoms in total. The Hall–Kier alpha value is -2.43. The normalized spacial score (nSPS) is 17.3. The van der Waals surface area contributed by atoms with Crippen LogP contribution in [0.2, 0.25) is 0 Å². The number of benzene rings is 1. The molecule has 1 heterocycles. The number of likely N-dealkylation sites (tertiary alicyclic amines) is 1. The largest absolute Gasteiger partial charge is 0.573 e. The zero-order chi connectivity index (χ0) is 19.6. The van der Waals surface area contributed by atoms with E-state index < -0.39 is 23.5 Å². The minimum atomic E-state index is -4.76. The zero-order valence-electron chi connectivity index (χ0n) is 14.9. The molecule has 0 unspecified atom stereocenters. The summed E-state index contributed by atoms with van der Waals surface area (Å²) in [4.78, 5) is 13.7. The van der Waals surface area contributed by atoms with Crippen molar-refractivity contribution in [1.29, 1.82) is 5.26 Å². The van der Waals surface area contributed by atoms with Crippen LogP contribution in [-0.2, 0) is 10.2 Å². The van der Waals surface area contributed by atoms with Gasteiger partial charge in [0.15, 0.2) is 0 Å². The number of carbonyl (C=O) groups is 1. The van der Waals surface area contributed by atoms with Crippen LogP contribution in [0.5, 0.6) is 5.75 Å². The summed E-state index contributed by atoms with van der Waals surface area (Å²) < 4.78 is 45.9. The van der Waals surface area contributed by atoms with Gasteiger partial charge >= 0.3 is 12.5 Å². The number of hydrogen-bond acceptors (Lipinski definition) is 4. The smallest absolute Gasteiger partial charge is 0.444 e. The molecule has 26 heavy (non-hydrogen) atoms. The Balaban J connectivity index is 2.07. The zero-order valence-corrected chi connectivity index (χ0v) is 14.9. The van der Waals surface area contributed by atoms with Crippen LogP contribution in [0, 0.1) is 11.3 Å². The number of rotatable bonds is 2. The Labute approximate surface area is 150 Å². The van der Waals surface area contributed by atoms with Gasteiger partial charge < -0.3 is 14.4 Å². The molecule has 0 aromatic heterocycles. The summed E-state index contributed by atoms with van der Waals surface area (Å²) >= 11 is 0. The van der Waals surface area contributed by atoms with E-state index in [2.05, 4.69) is 10.8 Å². The highest BCUT2D eigenvalue weighted by atomic mass is 19.4. The van der Waals surface area contributed by atoms with Crippen LogP contribution in [0.4, 0.5) is 18.0 Å². The Morgan fingerprint density at radius 2 is 1.69 bits per heavy atom. The summed E-state index contributed by atoms with van der Waals surface area (Å²) in [5.41, 5.74) is -0.844. The second-order valence-electron chi connectivity index (χ2n) is 7.23. The summed E-state index contributed by atoms with van der Waals surface area (Å²) in [5.74, 6) is -0.333. The van der Waals surface area contributed by atoms with Crippen molar-refractivity contribution in [2.24, 2.45) is 0 Å². The number of amides is 1. The van der Waals surface area contributed by atoms with Crippen LogP contribution >= 0.6 is 0 Å². The SMILES string of the molecule is CC(C)(C)OC(=O)N1CCC(C#N)(c2ccc(OC(F)(F)F)cc2)CC1. The van der Waals surface area contributed by atoms with E-state index in [1.165, 1.54) is 24.3 Å². The molecule has 0 aliphatic carbocycles. The average molecular weight is 370 g/mol. The number of alkyl halides is 3. The molecule has 1 aliphatic heterocycles. The summed E-state index contributed by atoms with van der Waals surface area (Å²) in [7, 11) is 0. The van der Waals surface area contributed by atoms with E-state index in [1.54, 1.807) is 25.7 Å². The molecular weight excluding hydrogens is 349 g/mol. The maximum absolute atomic E-state index is 12.3. The van der Waals surface area contributed by atoms with E-state index in [4.69, 9.17) is 4.74 Å². The van der Waals surface area contributed by atoms with Crippen LogP contribution in [0.3, 0.4) is 0 Å². The van der Waals surface area contributed by atoms with Crippen molar-refractivity contribution in [2.75, 3.05) is 13.1 Å². The topological polar surface area (TPSA) is 62.6 Å². The van der Waals surface area contributed by atoms with Gasteiger partial charge in [0.2, 0.25) is 0 Å². The number of halogens is 3. The van der Waals surface area contributed by atoms with E-state index in [1.807, 2.05) is 0 Å². The Morgan fingerprint density at radius 1 is 1.15 bits per heavy atom. The van der Waals surface area contributed by atoms with Crippen LogP contribution in [0.25, 0.3) is 0 Å². The van der Waals surface area contributed by atoms with Crippen molar-refractivity contribution in [3.05, 3.63) is 29.8 Å². The number of piperidine rings is 1. The summed E-state index contributed by atoms with van der Waals surface area (Å²) in [6.07, 6.45) is -4.43. The summed E-state index contributed by atoms with van der Waals surface area (Å²) in [5, 5.41) is 9.67. The van der Waals surface area contributed by atoms with Crippen LogP contribution in [0.1, 0.15) is 39.2 Å².